The fourth-order valence-electron chi connectivity index (χ4n) is 10.6. The highest BCUT2D eigenvalue weighted by Gasteiger charge is 2.23. The Morgan fingerprint density at radius 2 is 0.574 bits per heavy atom. The number of aromatic nitrogens is 5. The highest BCUT2D eigenvalue weighted by Crippen LogP contribution is 2.43. The topological polar surface area (TPSA) is 64.5 Å². The first-order chi connectivity index (χ1) is 33.7. The molecule has 0 spiro atoms. The lowest BCUT2D eigenvalue weighted by molar-refractivity contribution is 1.08. The second-order valence-electron chi connectivity index (χ2n) is 17.6. The van der Waals surface area contributed by atoms with Crippen molar-refractivity contribution in [3.63, 3.8) is 0 Å². The normalized spacial score (nSPS) is 11.8. The summed E-state index contributed by atoms with van der Waals surface area (Å²) in [6.45, 7) is 0. The average Bonchev–Trinajstić information content (AvgIpc) is 3.41. The lowest BCUT2D eigenvalue weighted by Gasteiger charge is -2.17. The minimum Gasteiger partial charge on any atom is -0.255 e. The van der Waals surface area contributed by atoms with Crippen LogP contribution < -0.4 is 0 Å². The van der Waals surface area contributed by atoms with Gasteiger partial charge in [0.05, 0.1) is 22.2 Å². The summed E-state index contributed by atoms with van der Waals surface area (Å²) < 4.78 is 0. The molecule has 0 aliphatic rings. The minimum atomic E-state index is 0.543. The van der Waals surface area contributed by atoms with Crippen molar-refractivity contribution < 1.29 is 0 Å². The quantitative estimate of drug-likeness (QED) is 0.127. The third-order valence-electron chi connectivity index (χ3n) is 13.7. The molecule has 0 aliphatic carbocycles. The summed E-state index contributed by atoms with van der Waals surface area (Å²) in [7, 11) is 0. The number of rotatable bonds is 5. The average molecular weight is 864 g/mol. The van der Waals surface area contributed by atoms with Crippen molar-refractivity contribution in [1.29, 1.82) is 0 Å². The molecule has 0 unspecified atom stereocenters. The molecule has 0 bridgehead atoms. The summed E-state index contributed by atoms with van der Waals surface area (Å²) in [5.74, 6) is 1.64. The molecule has 314 valence electrons. The van der Waals surface area contributed by atoms with E-state index < -0.39 is 0 Å². The molecule has 0 amide bonds. The maximum atomic E-state index is 5.57. The molecule has 3 aromatic heterocycles. The fourth-order valence-corrected chi connectivity index (χ4v) is 10.6. The van der Waals surface area contributed by atoms with Crippen molar-refractivity contribution >= 4 is 86.4 Å². The zero-order chi connectivity index (χ0) is 44.7. The lowest BCUT2D eigenvalue weighted by Crippen LogP contribution is -2.03. The maximum absolute atomic E-state index is 5.57. The second-order valence-corrected chi connectivity index (χ2v) is 17.6. The summed E-state index contributed by atoms with van der Waals surface area (Å²) in [5, 5.41) is 15.8. The van der Waals surface area contributed by atoms with Crippen LogP contribution in [0.15, 0.2) is 225 Å². The Morgan fingerprint density at radius 1 is 0.235 bits per heavy atom. The van der Waals surface area contributed by atoms with Crippen molar-refractivity contribution in [2.75, 3.05) is 0 Å². The third kappa shape index (κ3) is 6.06. The number of hydrogen-bond acceptors (Lipinski definition) is 5. The number of benzene rings is 11. The molecule has 0 saturated carbocycles. The second kappa shape index (κ2) is 15.2. The molecular weight excluding hydrogens is 827 g/mol. The van der Waals surface area contributed by atoms with E-state index in [-0.39, 0.29) is 0 Å². The molecular formula is C63H37N5. The molecule has 14 rings (SSSR count). The molecule has 0 N–H and O–H groups in total. The van der Waals surface area contributed by atoms with E-state index in [1.165, 1.54) is 43.1 Å². The van der Waals surface area contributed by atoms with E-state index in [0.29, 0.717) is 17.5 Å². The molecule has 0 radical (unpaired) electrons. The Kier molecular flexibility index (Phi) is 8.52. The van der Waals surface area contributed by atoms with Gasteiger partial charge in [0.15, 0.2) is 17.5 Å². The van der Waals surface area contributed by atoms with Gasteiger partial charge in [-0.2, -0.15) is 0 Å². The SMILES string of the molecule is c1ccc2c(-c3nc(-c4cc(-c5cc6ccccc6c6ccccc56)cc(-c5cc6ccccc6c6ccccc56)c4)nc(-c4c5ccccc5cc5cccnc45)n3)c3ncccc3cc2c1. The molecule has 0 saturated heterocycles. The van der Waals surface area contributed by atoms with Gasteiger partial charge >= 0.3 is 0 Å². The third-order valence-corrected chi connectivity index (χ3v) is 13.7. The van der Waals surface area contributed by atoms with Crippen molar-refractivity contribution in [2.45, 2.75) is 0 Å². The van der Waals surface area contributed by atoms with Gasteiger partial charge in [-0.25, -0.2) is 15.0 Å². The lowest BCUT2D eigenvalue weighted by atomic mass is 9.88. The predicted octanol–water partition coefficient (Wildman–Crippen LogP) is 16.2. The van der Waals surface area contributed by atoms with Gasteiger partial charge in [-0.15, -0.1) is 0 Å². The Labute approximate surface area is 390 Å². The molecule has 3 heterocycles. The largest absolute Gasteiger partial charge is 0.255 e. The standard InChI is InChI=1S/C63H37N5/c1-5-21-47-40(17-1)36-55(53-27-11-9-25-51(47)53)44-33-45(56-37-41-18-2-6-22-48(41)52-26-10-12-28-54(52)56)35-46(34-44)61-66-62(57-49-23-7-3-15-38(49)31-42-19-13-29-64-59(42)57)68-63(67-61)58-50-24-8-4-16-39(50)32-43-20-14-30-65-60(43)58/h1-37H. The molecule has 0 fully saturated rings. The molecule has 68 heavy (non-hydrogen) atoms. The van der Waals surface area contributed by atoms with E-state index in [2.05, 4.69) is 200 Å². The molecule has 0 aliphatic heterocycles. The van der Waals surface area contributed by atoms with Gasteiger partial charge in [0.2, 0.25) is 0 Å². The first-order valence-corrected chi connectivity index (χ1v) is 23.0. The van der Waals surface area contributed by atoms with E-state index in [4.69, 9.17) is 24.9 Å². The summed E-state index contributed by atoms with van der Waals surface area (Å²) >= 11 is 0. The van der Waals surface area contributed by atoms with Gasteiger partial charge in [-0.3, -0.25) is 9.97 Å². The molecule has 5 heteroatoms. The Morgan fingerprint density at radius 3 is 1.03 bits per heavy atom. The zero-order valence-electron chi connectivity index (χ0n) is 36.6. The van der Waals surface area contributed by atoms with Gasteiger partial charge in [0.1, 0.15) is 0 Å². The van der Waals surface area contributed by atoms with Crippen LogP contribution >= 0.6 is 0 Å². The number of hydrogen-bond donors (Lipinski definition) is 0. The van der Waals surface area contributed by atoms with E-state index in [1.807, 2.05) is 24.5 Å². The van der Waals surface area contributed by atoms with Gasteiger partial charge in [-0.05, 0) is 141 Å². The van der Waals surface area contributed by atoms with E-state index in [9.17, 15) is 0 Å². The van der Waals surface area contributed by atoms with Gasteiger partial charge < -0.3 is 0 Å². The van der Waals surface area contributed by atoms with Gasteiger partial charge in [-0.1, -0.05) is 158 Å². The van der Waals surface area contributed by atoms with Crippen LogP contribution in [-0.2, 0) is 0 Å². The monoisotopic (exact) mass is 863 g/mol. The first-order valence-electron chi connectivity index (χ1n) is 23.0. The molecule has 14 aromatic rings. The zero-order valence-corrected chi connectivity index (χ0v) is 36.6. The highest BCUT2D eigenvalue weighted by atomic mass is 15.0. The first kappa shape index (κ1) is 38.1. The van der Waals surface area contributed by atoms with Crippen LogP contribution in [0.1, 0.15) is 0 Å². The Bertz CT molecular complexity index is 4020. The van der Waals surface area contributed by atoms with Crippen molar-refractivity contribution in [1.82, 2.24) is 24.9 Å². The van der Waals surface area contributed by atoms with Crippen LogP contribution in [0.25, 0.3) is 143 Å². The predicted molar refractivity (Wildman–Crippen MR) is 283 cm³/mol. The minimum absolute atomic E-state index is 0.543. The molecule has 0 atom stereocenters. The number of pyridine rings is 2. The van der Waals surface area contributed by atoms with Gasteiger partial charge in [0, 0.05) is 28.7 Å². The van der Waals surface area contributed by atoms with Crippen molar-refractivity contribution in [2.24, 2.45) is 0 Å². The number of fused-ring (bicyclic) bond motifs is 10. The number of nitrogens with zero attached hydrogens (tertiary/aromatic N) is 5. The van der Waals surface area contributed by atoms with Crippen LogP contribution in [0.2, 0.25) is 0 Å². The summed E-state index contributed by atoms with van der Waals surface area (Å²) in [5.41, 5.74) is 8.64. The van der Waals surface area contributed by atoms with Gasteiger partial charge in [0.25, 0.3) is 0 Å². The van der Waals surface area contributed by atoms with Crippen LogP contribution in [0.3, 0.4) is 0 Å². The Hall–Kier alpha value is -9.19. The van der Waals surface area contributed by atoms with Crippen LogP contribution in [0.5, 0.6) is 0 Å². The van der Waals surface area contributed by atoms with Crippen molar-refractivity contribution in [3.8, 4) is 56.4 Å². The highest BCUT2D eigenvalue weighted by molar-refractivity contribution is 6.17. The van der Waals surface area contributed by atoms with Crippen molar-refractivity contribution in [3.05, 3.63) is 225 Å². The maximum Gasteiger partial charge on any atom is 0.166 e. The van der Waals surface area contributed by atoms with E-state index in [1.54, 1.807) is 0 Å². The van der Waals surface area contributed by atoms with Crippen LogP contribution in [0, 0.1) is 0 Å². The van der Waals surface area contributed by atoms with E-state index >= 15 is 0 Å². The summed E-state index contributed by atoms with van der Waals surface area (Å²) in [6.07, 6.45) is 3.70. The summed E-state index contributed by atoms with van der Waals surface area (Å²) in [6, 6.07) is 75.9. The summed E-state index contributed by atoms with van der Waals surface area (Å²) in [4.78, 5) is 26.7. The Balaban J connectivity index is 1.13. The van der Waals surface area contributed by atoms with E-state index in [0.717, 1.165) is 82.3 Å². The fraction of sp³-hybridized carbons (Fsp3) is 0. The molecule has 11 aromatic carbocycles. The van der Waals surface area contributed by atoms with Crippen LogP contribution in [-0.4, -0.2) is 24.9 Å². The van der Waals surface area contributed by atoms with Crippen LogP contribution in [0.4, 0.5) is 0 Å². The molecule has 5 nitrogen and oxygen atoms in total. The smallest absolute Gasteiger partial charge is 0.166 e.